The van der Waals surface area contributed by atoms with Gasteiger partial charge in [0.15, 0.2) is 0 Å². The Labute approximate surface area is 126 Å². The van der Waals surface area contributed by atoms with Gasteiger partial charge in [-0.05, 0) is 27.2 Å². The minimum atomic E-state index is 0.167. The SMILES string of the molecule is CCCOc1nc(NCC)nc(N2CC(C)OCC2C)n1. The number of hydrogen-bond donors (Lipinski definition) is 1. The van der Waals surface area contributed by atoms with Crippen molar-refractivity contribution < 1.29 is 9.47 Å². The highest BCUT2D eigenvalue weighted by atomic mass is 16.5. The lowest BCUT2D eigenvalue weighted by Gasteiger charge is -2.36. The average Bonchev–Trinajstić information content (AvgIpc) is 2.48. The zero-order chi connectivity index (χ0) is 15.2. The molecule has 0 aromatic carbocycles. The van der Waals surface area contributed by atoms with Crippen LogP contribution in [0, 0.1) is 0 Å². The summed E-state index contributed by atoms with van der Waals surface area (Å²) < 4.78 is 11.2. The van der Waals surface area contributed by atoms with Crippen LogP contribution in [0.4, 0.5) is 11.9 Å². The van der Waals surface area contributed by atoms with Gasteiger partial charge in [0.05, 0.1) is 25.4 Å². The van der Waals surface area contributed by atoms with E-state index in [1.807, 2.05) is 6.92 Å². The smallest absolute Gasteiger partial charge is 0.323 e. The quantitative estimate of drug-likeness (QED) is 0.856. The van der Waals surface area contributed by atoms with Gasteiger partial charge >= 0.3 is 6.01 Å². The van der Waals surface area contributed by atoms with E-state index in [-0.39, 0.29) is 12.1 Å². The summed E-state index contributed by atoms with van der Waals surface area (Å²) in [5.74, 6) is 1.20. The summed E-state index contributed by atoms with van der Waals surface area (Å²) in [6.45, 7) is 11.0. The third kappa shape index (κ3) is 4.17. The molecule has 0 bridgehead atoms. The molecule has 2 unspecified atom stereocenters. The Kier molecular flexibility index (Phi) is 5.55. The second-order valence-corrected chi connectivity index (χ2v) is 5.27. The van der Waals surface area contributed by atoms with E-state index >= 15 is 0 Å². The second kappa shape index (κ2) is 7.40. The van der Waals surface area contributed by atoms with Gasteiger partial charge in [0, 0.05) is 13.1 Å². The van der Waals surface area contributed by atoms with Gasteiger partial charge in [-0.15, -0.1) is 0 Å². The second-order valence-electron chi connectivity index (χ2n) is 5.27. The van der Waals surface area contributed by atoms with Crippen molar-refractivity contribution in [2.45, 2.75) is 46.3 Å². The van der Waals surface area contributed by atoms with Gasteiger partial charge in [0.2, 0.25) is 11.9 Å². The lowest BCUT2D eigenvalue weighted by Crippen LogP contribution is -2.48. The van der Waals surface area contributed by atoms with Crippen LogP contribution in [0.25, 0.3) is 0 Å². The number of hydrogen-bond acceptors (Lipinski definition) is 7. The molecule has 0 spiro atoms. The van der Waals surface area contributed by atoms with Crippen LogP contribution in [0.2, 0.25) is 0 Å². The summed E-state index contributed by atoms with van der Waals surface area (Å²) in [7, 11) is 0. The van der Waals surface area contributed by atoms with Gasteiger partial charge in [0.1, 0.15) is 0 Å². The molecule has 0 aliphatic carbocycles. The molecule has 2 rings (SSSR count). The summed E-state index contributed by atoms with van der Waals surface area (Å²) >= 11 is 0. The first-order chi connectivity index (χ1) is 10.1. The van der Waals surface area contributed by atoms with Crippen LogP contribution in [0.1, 0.15) is 34.1 Å². The molecule has 1 aromatic heterocycles. The molecular weight excluding hydrogens is 270 g/mol. The van der Waals surface area contributed by atoms with Gasteiger partial charge in [-0.25, -0.2) is 0 Å². The molecule has 118 valence electrons. The van der Waals surface area contributed by atoms with Crippen LogP contribution in [0.5, 0.6) is 6.01 Å². The fourth-order valence-corrected chi connectivity index (χ4v) is 2.15. The monoisotopic (exact) mass is 295 g/mol. The van der Waals surface area contributed by atoms with E-state index in [4.69, 9.17) is 9.47 Å². The van der Waals surface area contributed by atoms with Crippen molar-refractivity contribution in [3.63, 3.8) is 0 Å². The minimum absolute atomic E-state index is 0.167. The molecule has 7 heteroatoms. The van der Waals surface area contributed by atoms with E-state index in [0.29, 0.717) is 31.1 Å². The van der Waals surface area contributed by atoms with Gasteiger partial charge in [-0.2, -0.15) is 15.0 Å². The van der Waals surface area contributed by atoms with E-state index in [1.54, 1.807) is 0 Å². The Balaban J connectivity index is 2.25. The average molecular weight is 295 g/mol. The van der Waals surface area contributed by atoms with Gasteiger partial charge in [0.25, 0.3) is 0 Å². The Morgan fingerprint density at radius 3 is 2.81 bits per heavy atom. The van der Waals surface area contributed by atoms with Crippen LogP contribution in [-0.4, -0.2) is 53.4 Å². The van der Waals surface area contributed by atoms with E-state index in [1.165, 1.54) is 0 Å². The number of aromatic nitrogens is 3. The largest absolute Gasteiger partial charge is 0.463 e. The normalized spacial score (nSPS) is 22.2. The molecule has 7 nitrogen and oxygen atoms in total. The topological polar surface area (TPSA) is 72.4 Å². The summed E-state index contributed by atoms with van der Waals surface area (Å²) in [5, 5.41) is 3.13. The highest BCUT2D eigenvalue weighted by Gasteiger charge is 2.26. The van der Waals surface area contributed by atoms with Gasteiger partial charge in [-0.1, -0.05) is 6.92 Å². The molecule has 1 aromatic rings. The summed E-state index contributed by atoms with van der Waals surface area (Å²) in [6.07, 6.45) is 1.09. The number of anilines is 2. The van der Waals surface area contributed by atoms with E-state index < -0.39 is 0 Å². The minimum Gasteiger partial charge on any atom is -0.463 e. The molecule has 0 radical (unpaired) electrons. The Hall–Kier alpha value is -1.63. The molecule has 1 fully saturated rings. The molecular formula is C14H25N5O2. The molecule has 0 amide bonds. The summed E-state index contributed by atoms with van der Waals surface area (Å²) in [4.78, 5) is 15.4. The molecule has 2 atom stereocenters. The fraction of sp³-hybridized carbons (Fsp3) is 0.786. The standard InChI is InChI=1S/C14H25N5O2/c1-5-7-20-14-17-12(15-6-2)16-13(18-14)19-8-11(4)21-9-10(19)3/h10-11H,5-9H2,1-4H3,(H,15,16,17,18). The van der Waals surface area contributed by atoms with Crippen molar-refractivity contribution in [1.29, 1.82) is 0 Å². The zero-order valence-corrected chi connectivity index (χ0v) is 13.3. The lowest BCUT2D eigenvalue weighted by atomic mass is 10.2. The van der Waals surface area contributed by atoms with Crippen molar-refractivity contribution in [2.75, 3.05) is 36.5 Å². The highest BCUT2D eigenvalue weighted by Crippen LogP contribution is 2.21. The van der Waals surface area contributed by atoms with Crippen LogP contribution >= 0.6 is 0 Å². The van der Waals surface area contributed by atoms with E-state index in [9.17, 15) is 0 Å². The van der Waals surface area contributed by atoms with Crippen LogP contribution in [0.15, 0.2) is 0 Å². The molecule has 1 saturated heterocycles. The molecule has 1 N–H and O–H groups in total. The van der Waals surface area contributed by atoms with Gasteiger partial charge < -0.3 is 19.7 Å². The Bertz CT molecular complexity index is 457. The maximum Gasteiger partial charge on any atom is 0.323 e. The molecule has 1 aliphatic rings. The third-order valence-electron chi connectivity index (χ3n) is 3.24. The maximum absolute atomic E-state index is 5.65. The maximum atomic E-state index is 5.65. The molecule has 2 heterocycles. The summed E-state index contributed by atoms with van der Waals surface area (Å²) in [6, 6.07) is 0.612. The zero-order valence-electron chi connectivity index (χ0n) is 13.3. The van der Waals surface area contributed by atoms with Crippen molar-refractivity contribution in [3.8, 4) is 6.01 Å². The third-order valence-corrected chi connectivity index (χ3v) is 3.24. The van der Waals surface area contributed by atoms with Crippen LogP contribution in [0.3, 0.4) is 0 Å². The Morgan fingerprint density at radius 2 is 2.10 bits per heavy atom. The first kappa shape index (κ1) is 15.8. The predicted molar refractivity (Wildman–Crippen MR) is 82.0 cm³/mol. The molecule has 0 saturated carbocycles. The van der Waals surface area contributed by atoms with Crippen molar-refractivity contribution >= 4 is 11.9 Å². The first-order valence-electron chi connectivity index (χ1n) is 7.65. The first-order valence-corrected chi connectivity index (χ1v) is 7.65. The number of ether oxygens (including phenoxy) is 2. The fourth-order valence-electron chi connectivity index (χ4n) is 2.15. The van der Waals surface area contributed by atoms with Crippen LogP contribution in [-0.2, 0) is 4.74 Å². The van der Waals surface area contributed by atoms with E-state index in [2.05, 4.69) is 45.9 Å². The van der Waals surface area contributed by atoms with Gasteiger partial charge in [-0.3, -0.25) is 0 Å². The Morgan fingerprint density at radius 1 is 1.29 bits per heavy atom. The number of rotatable bonds is 6. The number of morpholine rings is 1. The molecule has 21 heavy (non-hydrogen) atoms. The number of nitrogens with zero attached hydrogens (tertiary/aromatic N) is 4. The van der Waals surface area contributed by atoms with Crippen LogP contribution < -0.4 is 15.0 Å². The molecule has 1 aliphatic heterocycles. The highest BCUT2D eigenvalue weighted by molar-refractivity contribution is 5.39. The number of nitrogens with one attached hydrogen (secondary N) is 1. The summed E-state index contributed by atoms with van der Waals surface area (Å²) in [5.41, 5.74) is 0. The van der Waals surface area contributed by atoms with Crippen molar-refractivity contribution in [3.05, 3.63) is 0 Å². The van der Waals surface area contributed by atoms with Crippen molar-refractivity contribution in [1.82, 2.24) is 15.0 Å². The predicted octanol–water partition coefficient (Wildman–Crippen LogP) is 1.71. The lowest BCUT2D eigenvalue weighted by molar-refractivity contribution is 0.0336. The van der Waals surface area contributed by atoms with E-state index in [0.717, 1.165) is 19.5 Å². The van der Waals surface area contributed by atoms with Crippen molar-refractivity contribution in [2.24, 2.45) is 0 Å².